The summed E-state index contributed by atoms with van der Waals surface area (Å²) in [6.07, 6.45) is 0.477. The highest BCUT2D eigenvalue weighted by Gasteiger charge is 2.19. The number of tetrazole rings is 1. The molecule has 126 valence electrons. The molecule has 3 rings (SSSR count). The van der Waals surface area contributed by atoms with Crippen molar-refractivity contribution in [2.45, 2.75) is 13.0 Å². The SMILES string of the molecule is C[C@H](OC(=O)c1cccc(-n2cnnn2)c1)C(=O)Nc1ccccc1. The van der Waals surface area contributed by atoms with Gasteiger partial charge in [0.05, 0.1) is 11.3 Å². The summed E-state index contributed by atoms with van der Waals surface area (Å²) in [5.41, 5.74) is 1.55. The summed E-state index contributed by atoms with van der Waals surface area (Å²) in [6, 6.07) is 15.6. The van der Waals surface area contributed by atoms with Crippen molar-refractivity contribution in [2.24, 2.45) is 0 Å². The molecule has 2 aromatic carbocycles. The minimum atomic E-state index is -0.940. The van der Waals surface area contributed by atoms with Crippen LogP contribution in [0.25, 0.3) is 5.69 Å². The molecule has 1 atom stereocenters. The number of benzene rings is 2. The van der Waals surface area contributed by atoms with Gasteiger partial charge in [0.2, 0.25) is 0 Å². The largest absolute Gasteiger partial charge is 0.449 e. The fourth-order valence-corrected chi connectivity index (χ4v) is 2.10. The summed E-state index contributed by atoms with van der Waals surface area (Å²) in [5.74, 6) is -1.01. The quantitative estimate of drug-likeness (QED) is 0.713. The Kier molecular flexibility index (Phi) is 4.79. The average molecular weight is 337 g/mol. The first-order chi connectivity index (χ1) is 12.1. The second kappa shape index (κ2) is 7.35. The monoisotopic (exact) mass is 337 g/mol. The van der Waals surface area contributed by atoms with E-state index in [2.05, 4.69) is 20.8 Å². The predicted octanol–water partition coefficient (Wildman–Crippen LogP) is 1.85. The van der Waals surface area contributed by atoms with Crippen LogP contribution in [0.2, 0.25) is 0 Å². The van der Waals surface area contributed by atoms with Gasteiger partial charge in [-0.25, -0.2) is 9.48 Å². The van der Waals surface area contributed by atoms with Gasteiger partial charge in [-0.2, -0.15) is 0 Å². The molecule has 0 aliphatic rings. The van der Waals surface area contributed by atoms with Gasteiger partial charge in [0.25, 0.3) is 5.91 Å². The van der Waals surface area contributed by atoms with Gasteiger partial charge >= 0.3 is 5.97 Å². The van der Waals surface area contributed by atoms with Gasteiger partial charge in [0, 0.05) is 5.69 Å². The number of para-hydroxylation sites is 1. The highest BCUT2D eigenvalue weighted by Crippen LogP contribution is 2.12. The predicted molar refractivity (Wildman–Crippen MR) is 89.1 cm³/mol. The molecular weight excluding hydrogens is 322 g/mol. The molecule has 1 aromatic heterocycles. The summed E-state index contributed by atoms with van der Waals surface area (Å²) in [4.78, 5) is 24.4. The molecule has 0 spiro atoms. The number of nitrogens with one attached hydrogen (secondary N) is 1. The van der Waals surface area contributed by atoms with Crippen molar-refractivity contribution >= 4 is 17.6 Å². The molecule has 25 heavy (non-hydrogen) atoms. The van der Waals surface area contributed by atoms with E-state index in [1.54, 1.807) is 48.5 Å². The maximum Gasteiger partial charge on any atom is 0.338 e. The molecule has 0 radical (unpaired) electrons. The number of rotatable bonds is 5. The van der Waals surface area contributed by atoms with Crippen LogP contribution in [0.1, 0.15) is 17.3 Å². The first-order valence-electron chi connectivity index (χ1n) is 7.54. The first-order valence-corrected chi connectivity index (χ1v) is 7.54. The topological polar surface area (TPSA) is 99.0 Å². The lowest BCUT2D eigenvalue weighted by Crippen LogP contribution is -2.30. The highest BCUT2D eigenvalue weighted by atomic mass is 16.5. The second-order valence-corrected chi connectivity index (χ2v) is 5.21. The van der Waals surface area contributed by atoms with Gasteiger partial charge < -0.3 is 10.1 Å². The Morgan fingerprint density at radius 1 is 1.12 bits per heavy atom. The maximum absolute atomic E-state index is 12.3. The van der Waals surface area contributed by atoms with Crippen molar-refractivity contribution in [1.29, 1.82) is 0 Å². The Bertz CT molecular complexity index is 865. The van der Waals surface area contributed by atoms with E-state index < -0.39 is 18.0 Å². The zero-order chi connectivity index (χ0) is 17.6. The summed E-state index contributed by atoms with van der Waals surface area (Å²) in [6.45, 7) is 1.52. The lowest BCUT2D eigenvalue weighted by molar-refractivity contribution is -0.123. The molecule has 1 amide bonds. The number of amides is 1. The summed E-state index contributed by atoms with van der Waals surface area (Å²) in [5, 5.41) is 13.5. The molecular formula is C17H15N5O3. The molecule has 0 saturated carbocycles. The minimum absolute atomic E-state index is 0.298. The number of hydrogen-bond donors (Lipinski definition) is 1. The highest BCUT2D eigenvalue weighted by molar-refractivity contribution is 5.97. The Balaban J connectivity index is 1.65. The fourth-order valence-electron chi connectivity index (χ4n) is 2.10. The van der Waals surface area contributed by atoms with Crippen LogP contribution in [0.5, 0.6) is 0 Å². The normalized spacial score (nSPS) is 11.6. The molecule has 0 aliphatic carbocycles. The van der Waals surface area contributed by atoms with E-state index in [0.29, 0.717) is 16.9 Å². The van der Waals surface area contributed by atoms with E-state index in [1.165, 1.54) is 17.9 Å². The number of hydrogen-bond acceptors (Lipinski definition) is 6. The summed E-state index contributed by atoms with van der Waals surface area (Å²) in [7, 11) is 0. The van der Waals surface area contributed by atoms with Gasteiger partial charge in [-0.3, -0.25) is 4.79 Å². The van der Waals surface area contributed by atoms with Crippen molar-refractivity contribution < 1.29 is 14.3 Å². The van der Waals surface area contributed by atoms with Crippen LogP contribution in [-0.2, 0) is 9.53 Å². The fraction of sp³-hybridized carbons (Fsp3) is 0.118. The molecule has 1 heterocycles. The van der Waals surface area contributed by atoms with Crippen LogP contribution in [0.4, 0.5) is 5.69 Å². The van der Waals surface area contributed by atoms with Crippen LogP contribution in [0, 0.1) is 0 Å². The van der Waals surface area contributed by atoms with E-state index in [9.17, 15) is 9.59 Å². The zero-order valence-electron chi connectivity index (χ0n) is 13.4. The molecule has 8 nitrogen and oxygen atoms in total. The van der Waals surface area contributed by atoms with E-state index in [0.717, 1.165) is 0 Å². The number of ether oxygens (including phenoxy) is 1. The lowest BCUT2D eigenvalue weighted by Gasteiger charge is -2.13. The standard InChI is InChI=1S/C17H15N5O3/c1-12(16(23)19-14-7-3-2-4-8-14)25-17(24)13-6-5-9-15(10-13)22-11-18-20-21-22/h2-12H,1H3,(H,19,23)/t12-/m0/s1. The van der Waals surface area contributed by atoms with E-state index in [1.807, 2.05) is 6.07 Å². The van der Waals surface area contributed by atoms with Gasteiger partial charge in [-0.15, -0.1) is 5.10 Å². The third kappa shape index (κ3) is 4.05. The van der Waals surface area contributed by atoms with Crippen LogP contribution >= 0.6 is 0 Å². The Morgan fingerprint density at radius 2 is 1.92 bits per heavy atom. The Morgan fingerprint density at radius 3 is 2.64 bits per heavy atom. The van der Waals surface area contributed by atoms with Gasteiger partial charge in [-0.05, 0) is 47.7 Å². The van der Waals surface area contributed by atoms with E-state index in [4.69, 9.17) is 4.74 Å². The number of carbonyl (C=O) groups excluding carboxylic acids is 2. The summed E-state index contributed by atoms with van der Waals surface area (Å²) < 4.78 is 6.65. The maximum atomic E-state index is 12.3. The molecule has 0 fully saturated rings. The number of aromatic nitrogens is 4. The lowest BCUT2D eigenvalue weighted by atomic mass is 10.2. The van der Waals surface area contributed by atoms with Crippen LogP contribution in [0.3, 0.4) is 0 Å². The van der Waals surface area contributed by atoms with Crippen molar-refractivity contribution in [3.63, 3.8) is 0 Å². The van der Waals surface area contributed by atoms with E-state index >= 15 is 0 Å². The number of esters is 1. The van der Waals surface area contributed by atoms with E-state index in [-0.39, 0.29) is 0 Å². The van der Waals surface area contributed by atoms with Crippen LogP contribution in [0.15, 0.2) is 60.9 Å². The molecule has 0 bridgehead atoms. The average Bonchev–Trinajstić information content (AvgIpc) is 3.17. The molecule has 3 aromatic rings. The van der Waals surface area contributed by atoms with Crippen LogP contribution < -0.4 is 5.32 Å². The molecule has 0 unspecified atom stereocenters. The van der Waals surface area contributed by atoms with Crippen LogP contribution in [-0.4, -0.2) is 38.2 Å². The van der Waals surface area contributed by atoms with Gasteiger partial charge in [0.15, 0.2) is 6.10 Å². The summed E-state index contributed by atoms with van der Waals surface area (Å²) >= 11 is 0. The minimum Gasteiger partial charge on any atom is -0.449 e. The number of carbonyl (C=O) groups is 2. The zero-order valence-corrected chi connectivity index (χ0v) is 13.4. The molecule has 1 N–H and O–H groups in total. The van der Waals surface area contributed by atoms with Crippen molar-refractivity contribution in [2.75, 3.05) is 5.32 Å². The third-order valence-electron chi connectivity index (χ3n) is 3.39. The Hall–Kier alpha value is -3.55. The molecule has 0 aliphatic heterocycles. The molecule has 0 saturated heterocycles. The number of anilines is 1. The van der Waals surface area contributed by atoms with Gasteiger partial charge in [0.1, 0.15) is 6.33 Å². The molecule has 8 heteroatoms. The van der Waals surface area contributed by atoms with Crippen molar-refractivity contribution in [3.05, 3.63) is 66.5 Å². The first kappa shape index (κ1) is 16.3. The smallest absolute Gasteiger partial charge is 0.338 e. The second-order valence-electron chi connectivity index (χ2n) is 5.21. The Labute approximate surface area is 143 Å². The number of nitrogens with zero attached hydrogens (tertiary/aromatic N) is 4. The van der Waals surface area contributed by atoms with Gasteiger partial charge in [-0.1, -0.05) is 24.3 Å². The van der Waals surface area contributed by atoms with Crippen molar-refractivity contribution in [3.8, 4) is 5.69 Å². The van der Waals surface area contributed by atoms with Crippen molar-refractivity contribution in [1.82, 2.24) is 20.2 Å². The third-order valence-corrected chi connectivity index (χ3v) is 3.39.